The first-order valence-corrected chi connectivity index (χ1v) is 5.51. The van der Waals surface area contributed by atoms with E-state index in [0.29, 0.717) is 19.6 Å². The van der Waals surface area contributed by atoms with Crippen molar-refractivity contribution in [2.24, 2.45) is 0 Å². The van der Waals surface area contributed by atoms with E-state index >= 15 is 0 Å². The molecule has 0 aliphatic heterocycles. The third kappa shape index (κ3) is 9.97. The third-order valence-electron chi connectivity index (χ3n) is 1.68. The molecule has 1 unspecified atom stereocenters. The lowest BCUT2D eigenvalue weighted by molar-refractivity contribution is -0.127. The lowest BCUT2D eigenvalue weighted by Gasteiger charge is -2.10. The molecule has 0 aliphatic carbocycles. The molecule has 0 aromatic carbocycles. The highest BCUT2D eigenvalue weighted by Gasteiger charge is 2.06. The molecule has 0 aliphatic rings. The van der Waals surface area contributed by atoms with E-state index in [4.69, 9.17) is 21.1 Å². The van der Waals surface area contributed by atoms with Crippen molar-refractivity contribution in [2.75, 3.05) is 26.9 Å². The van der Waals surface area contributed by atoms with Crippen LogP contribution in [0.3, 0.4) is 0 Å². The van der Waals surface area contributed by atoms with Crippen molar-refractivity contribution in [3.63, 3.8) is 0 Å². The molecule has 0 saturated heterocycles. The Hall–Kier alpha value is -0.320. The maximum atomic E-state index is 11.2. The van der Waals surface area contributed by atoms with Crippen LogP contribution < -0.4 is 5.32 Å². The van der Waals surface area contributed by atoms with Crippen LogP contribution in [0.5, 0.6) is 0 Å². The second kappa shape index (κ2) is 8.95. The highest BCUT2D eigenvalue weighted by atomic mass is 35.5. The molecule has 5 heteroatoms. The van der Waals surface area contributed by atoms with E-state index in [9.17, 15) is 4.79 Å². The fourth-order valence-corrected chi connectivity index (χ4v) is 1.16. The molecule has 0 aromatic rings. The third-order valence-corrected chi connectivity index (χ3v) is 2.02. The van der Waals surface area contributed by atoms with Crippen LogP contribution >= 0.6 is 11.6 Å². The molecule has 1 atom stereocenters. The summed E-state index contributed by atoms with van der Waals surface area (Å²) in [5.74, 6) is -0.106. The molecule has 1 amide bonds. The summed E-state index contributed by atoms with van der Waals surface area (Å²) in [6.07, 6.45) is 0.771. The van der Waals surface area contributed by atoms with Crippen LogP contribution in [0.25, 0.3) is 0 Å². The number of hydrogen-bond donors (Lipinski definition) is 1. The van der Waals surface area contributed by atoms with Crippen LogP contribution in [0.15, 0.2) is 0 Å². The molecule has 0 heterocycles. The lowest BCUT2D eigenvalue weighted by Crippen LogP contribution is -2.31. The SMILES string of the molecule is COCC(Cl)CCNC(=O)COC(C)C. The zero-order valence-corrected chi connectivity index (χ0v) is 10.3. The van der Waals surface area contributed by atoms with Gasteiger partial charge in [0.05, 0.1) is 18.1 Å². The minimum absolute atomic E-state index is 0.0543. The predicted octanol–water partition coefficient (Wildman–Crippen LogP) is 1.17. The van der Waals surface area contributed by atoms with E-state index < -0.39 is 0 Å². The average Bonchev–Trinajstić information content (AvgIpc) is 2.15. The van der Waals surface area contributed by atoms with Gasteiger partial charge in [-0.25, -0.2) is 0 Å². The van der Waals surface area contributed by atoms with Gasteiger partial charge in [-0.05, 0) is 20.3 Å². The summed E-state index contributed by atoms with van der Waals surface area (Å²) >= 11 is 5.88. The van der Waals surface area contributed by atoms with Crippen LogP contribution in [0.4, 0.5) is 0 Å². The molecule has 0 spiro atoms. The van der Waals surface area contributed by atoms with E-state index in [1.807, 2.05) is 13.8 Å². The van der Waals surface area contributed by atoms with Crippen molar-refractivity contribution < 1.29 is 14.3 Å². The van der Waals surface area contributed by atoms with Crippen LogP contribution in [0, 0.1) is 0 Å². The van der Waals surface area contributed by atoms with Gasteiger partial charge in [-0.1, -0.05) is 0 Å². The van der Waals surface area contributed by atoms with Gasteiger partial charge in [0.15, 0.2) is 0 Å². The van der Waals surface area contributed by atoms with Crippen LogP contribution in [0.2, 0.25) is 0 Å². The molecule has 1 N–H and O–H groups in total. The Morgan fingerprint density at radius 2 is 2.13 bits per heavy atom. The molecule has 15 heavy (non-hydrogen) atoms. The fraction of sp³-hybridized carbons (Fsp3) is 0.900. The van der Waals surface area contributed by atoms with Crippen LogP contribution in [-0.2, 0) is 14.3 Å². The molecule has 0 aromatic heterocycles. The first kappa shape index (κ1) is 14.7. The molecule has 0 radical (unpaired) electrons. The summed E-state index contributed by atoms with van der Waals surface area (Å²) in [5.41, 5.74) is 0. The Labute approximate surface area is 96.3 Å². The van der Waals surface area contributed by atoms with E-state index in [0.717, 1.165) is 0 Å². The second-order valence-electron chi connectivity index (χ2n) is 3.55. The molecule has 4 nitrogen and oxygen atoms in total. The number of rotatable bonds is 8. The van der Waals surface area contributed by atoms with Crippen molar-refractivity contribution in [1.29, 1.82) is 0 Å². The summed E-state index contributed by atoms with van der Waals surface area (Å²) < 4.78 is 10.0. The van der Waals surface area contributed by atoms with Crippen molar-refractivity contribution in [3.05, 3.63) is 0 Å². The first-order valence-electron chi connectivity index (χ1n) is 5.07. The number of halogens is 1. The standard InChI is InChI=1S/C10H20ClNO3/c1-8(2)15-7-10(13)12-5-4-9(11)6-14-3/h8-9H,4-7H2,1-3H3,(H,12,13). The monoisotopic (exact) mass is 237 g/mol. The van der Waals surface area contributed by atoms with Gasteiger partial charge in [-0.2, -0.15) is 0 Å². The summed E-state index contributed by atoms with van der Waals surface area (Å²) in [5, 5.41) is 2.67. The maximum absolute atomic E-state index is 11.2. The van der Waals surface area contributed by atoms with Gasteiger partial charge >= 0.3 is 0 Å². The smallest absolute Gasteiger partial charge is 0.246 e. The number of carbonyl (C=O) groups excluding carboxylic acids is 1. The zero-order chi connectivity index (χ0) is 11.7. The minimum atomic E-state index is -0.106. The Kier molecular flexibility index (Phi) is 8.76. The maximum Gasteiger partial charge on any atom is 0.246 e. The van der Waals surface area contributed by atoms with Crippen LogP contribution in [-0.4, -0.2) is 44.3 Å². The van der Waals surface area contributed by atoms with Crippen LogP contribution in [0.1, 0.15) is 20.3 Å². The van der Waals surface area contributed by atoms with Crippen molar-refractivity contribution in [3.8, 4) is 0 Å². The Bertz CT molecular complexity index is 176. The van der Waals surface area contributed by atoms with Gasteiger partial charge in [0.1, 0.15) is 6.61 Å². The average molecular weight is 238 g/mol. The van der Waals surface area contributed by atoms with E-state index in [1.54, 1.807) is 7.11 Å². The van der Waals surface area contributed by atoms with Crippen molar-refractivity contribution in [2.45, 2.75) is 31.7 Å². The Balaban J connectivity index is 3.38. The number of amides is 1. The second-order valence-corrected chi connectivity index (χ2v) is 4.17. The van der Waals surface area contributed by atoms with E-state index in [1.165, 1.54) is 0 Å². The first-order chi connectivity index (χ1) is 7.06. The van der Waals surface area contributed by atoms with Gasteiger partial charge in [0, 0.05) is 13.7 Å². The molecule has 90 valence electrons. The highest BCUT2D eigenvalue weighted by molar-refractivity contribution is 6.20. The zero-order valence-electron chi connectivity index (χ0n) is 9.59. The fourth-order valence-electron chi connectivity index (χ4n) is 0.926. The largest absolute Gasteiger partial charge is 0.383 e. The minimum Gasteiger partial charge on any atom is -0.383 e. The van der Waals surface area contributed by atoms with E-state index in [-0.39, 0.29) is 24.0 Å². The van der Waals surface area contributed by atoms with Gasteiger partial charge in [0.25, 0.3) is 0 Å². The van der Waals surface area contributed by atoms with Gasteiger partial charge in [-0.15, -0.1) is 11.6 Å². The van der Waals surface area contributed by atoms with Gasteiger partial charge < -0.3 is 14.8 Å². The number of alkyl halides is 1. The number of ether oxygens (including phenoxy) is 2. The Morgan fingerprint density at radius 1 is 1.47 bits per heavy atom. The number of carbonyl (C=O) groups is 1. The molecule has 0 bridgehead atoms. The quantitative estimate of drug-likeness (QED) is 0.645. The summed E-state index contributed by atoms with van der Waals surface area (Å²) in [7, 11) is 1.60. The predicted molar refractivity (Wildman–Crippen MR) is 60.2 cm³/mol. The summed E-state index contributed by atoms with van der Waals surface area (Å²) in [6, 6.07) is 0. The molecular formula is C10H20ClNO3. The number of methoxy groups -OCH3 is 1. The molecule has 0 rings (SSSR count). The van der Waals surface area contributed by atoms with Crippen molar-refractivity contribution in [1.82, 2.24) is 5.32 Å². The molecule has 0 saturated carbocycles. The Morgan fingerprint density at radius 3 is 2.67 bits per heavy atom. The van der Waals surface area contributed by atoms with Gasteiger partial charge in [-0.3, -0.25) is 4.79 Å². The molecule has 0 fully saturated rings. The van der Waals surface area contributed by atoms with E-state index in [2.05, 4.69) is 5.32 Å². The highest BCUT2D eigenvalue weighted by Crippen LogP contribution is 2.00. The summed E-state index contributed by atoms with van der Waals surface area (Å²) in [6.45, 7) is 4.94. The summed E-state index contributed by atoms with van der Waals surface area (Å²) in [4.78, 5) is 11.2. The number of hydrogen-bond acceptors (Lipinski definition) is 3. The van der Waals surface area contributed by atoms with Gasteiger partial charge in [0.2, 0.25) is 5.91 Å². The number of nitrogens with one attached hydrogen (secondary N) is 1. The molecular weight excluding hydrogens is 218 g/mol. The lowest BCUT2D eigenvalue weighted by atomic mass is 10.3. The normalized spacial score (nSPS) is 12.9. The van der Waals surface area contributed by atoms with Crippen molar-refractivity contribution >= 4 is 17.5 Å². The topological polar surface area (TPSA) is 47.6 Å².